The van der Waals surface area contributed by atoms with Crippen molar-refractivity contribution in [3.8, 4) is 0 Å². The van der Waals surface area contributed by atoms with Gasteiger partial charge < -0.3 is 20.2 Å². The molecule has 18 heavy (non-hydrogen) atoms. The highest BCUT2D eigenvalue weighted by Gasteiger charge is 2.41. The molecule has 2 aliphatic rings. The summed E-state index contributed by atoms with van der Waals surface area (Å²) in [7, 11) is -3.95. The predicted octanol–water partition coefficient (Wildman–Crippen LogP) is 0.643. The van der Waals surface area contributed by atoms with Gasteiger partial charge in [0, 0.05) is 0 Å². The minimum absolute atomic E-state index is 0.0413. The molecule has 1 heterocycles. The SMILES string of the molecule is O=C(O)[C@@H]1NCC[C@H]2CC(CP(=O)(O)O)CC[C@H]21. The highest BCUT2D eigenvalue weighted by Crippen LogP contribution is 2.46. The monoisotopic (exact) mass is 277 g/mol. The zero-order chi connectivity index (χ0) is 13.3. The molecule has 1 aliphatic heterocycles. The summed E-state index contributed by atoms with van der Waals surface area (Å²) in [4.78, 5) is 29.2. The molecule has 2 rings (SSSR count). The lowest BCUT2D eigenvalue weighted by atomic mass is 9.68. The van der Waals surface area contributed by atoms with Gasteiger partial charge in [-0.25, -0.2) is 0 Å². The van der Waals surface area contributed by atoms with Crippen LogP contribution in [0, 0.1) is 17.8 Å². The Morgan fingerprint density at radius 3 is 2.61 bits per heavy atom. The summed E-state index contributed by atoms with van der Waals surface area (Å²) in [6.45, 7) is 0.681. The van der Waals surface area contributed by atoms with E-state index in [0.717, 1.165) is 25.7 Å². The van der Waals surface area contributed by atoms with Crippen molar-refractivity contribution in [1.29, 1.82) is 0 Å². The zero-order valence-electron chi connectivity index (χ0n) is 10.2. The van der Waals surface area contributed by atoms with Crippen LogP contribution in [0.2, 0.25) is 0 Å². The molecular formula is C11H20NO5P. The topological polar surface area (TPSA) is 107 Å². The van der Waals surface area contributed by atoms with Crippen LogP contribution in [0.3, 0.4) is 0 Å². The van der Waals surface area contributed by atoms with Crippen LogP contribution >= 0.6 is 7.60 Å². The molecule has 1 saturated heterocycles. The van der Waals surface area contributed by atoms with E-state index in [1.54, 1.807) is 0 Å². The number of hydrogen-bond donors (Lipinski definition) is 4. The predicted molar refractivity (Wildman–Crippen MR) is 65.3 cm³/mol. The first-order valence-corrected chi connectivity index (χ1v) is 8.17. The maximum absolute atomic E-state index is 11.1. The van der Waals surface area contributed by atoms with E-state index in [-0.39, 0.29) is 23.9 Å². The quantitative estimate of drug-likeness (QED) is 0.564. The maximum Gasteiger partial charge on any atom is 0.325 e. The third kappa shape index (κ3) is 3.32. The minimum Gasteiger partial charge on any atom is -0.480 e. The number of nitrogens with one attached hydrogen (secondary N) is 1. The van der Waals surface area contributed by atoms with Gasteiger partial charge in [-0.15, -0.1) is 0 Å². The van der Waals surface area contributed by atoms with E-state index in [1.807, 2.05) is 0 Å². The first kappa shape index (κ1) is 14.0. The summed E-state index contributed by atoms with van der Waals surface area (Å²) in [5.74, 6) is -0.361. The lowest BCUT2D eigenvalue weighted by Crippen LogP contribution is -2.52. The van der Waals surface area contributed by atoms with Crippen molar-refractivity contribution < 1.29 is 24.3 Å². The van der Waals surface area contributed by atoms with Crippen LogP contribution in [0.5, 0.6) is 0 Å². The molecule has 6 nitrogen and oxygen atoms in total. The second-order valence-corrected chi connectivity index (χ2v) is 7.20. The number of rotatable bonds is 3. The fraction of sp³-hybridized carbons (Fsp3) is 0.909. The van der Waals surface area contributed by atoms with Crippen LogP contribution in [-0.4, -0.2) is 39.6 Å². The second kappa shape index (κ2) is 5.29. The highest BCUT2D eigenvalue weighted by molar-refractivity contribution is 7.51. The molecule has 0 aromatic rings. The van der Waals surface area contributed by atoms with Gasteiger partial charge in [0.2, 0.25) is 0 Å². The lowest BCUT2D eigenvalue weighted by molar-refractivity contribution is -0.143. The molecule has 2 fully saturated rings. The minimum atomic E-state index is -3.95. The van der Waals surface area contributed by atoms with Crippen LogP contribution in [0.4, 0.5) is 0 Å². The molecule has 1 aliphatic carbocycles. The summed E-state index contributed by atoms with van der Waals surface area (Å²) >= 11 is 0. The van der Waals surface area contributed by atoms with Gasteiger partial charge in [-0.05, 0) is 50.0 Å². The molecule has 7 heteroatoms. The third-order valence-electron chi connectivity index (χ3n) is 4.22. The standard InChI is InChI=1S/C11H20NO5P/c13-11(14)10-9-2-1-7(6-18(15,16)17)5-8(9)3-4-12-10/h7-10,12H,1-6H2,(H,13,14)(H2,15,16,17)/t7?,8-,9+,10+/m0/s1. The van der Waals surface area contributed by atoms with Crippen LogP contribution in [0.15, 0.2) is 0 Å². The summed E-state index contributed by atoms with van der Waals surface area (Å²) in [6, 6.07) is -0.486. The van der Waals surface area contributed by atoms with Crippen LogP contribution in [0.1, 0.15) is 25.7 Å². The molecule has 0 aromatic heterocycles. The molecule has 1 saturated carbocycles. The van der Waals surface area contributed by atoms with Crippen molar-refractivity contribution in [3.05, 3.63) is 0 Å². The van der Waals surface area contributed by atoms with E-state index in [1.165, 1.54) is 0 Å². The van der Waals surface area contributed by atoms with Gasteiger partial charge >= 0.3 is 13.6 Å². The summed E-state index contributed by atoms with van der Waals surface area (Å²) in [5, 5.41) is 12.2. The first-order chi connectivity index (χ1) is 8.37. The van der Waals surface area contributed by atoms with E-state index in [2.05, 4.69) is 5.32 Å². The molecule has 104 valence electrons. The van der Waals surface area contributed by atoms with Crippen molar-refractivity contribution in [3.63, 3.8) is 0 Å². The molecule has 1 unspecified atom stereocenters. The molecule has 0 spiro atoms. The Morgan fingerprint density at radius 1 is 1.28 bits per heavy atom. The Morgan fingerprint density at radius 2 is 2.00 bits per heavy atom. The van der Waals surface area contributed by atoms with E-state index >= 15 is 0 Å². The second-order valence-electron chi connectivity index (χ2n) is 5.51. The Bertz CT molecular complexity index is 368. The molecule has 0 amide bonds. The largest absolute Gasteiger partial charge is 0.480 e. The molecule has 0 bridgehead atoms. The fourth-order valence-electron chi connectivity index (χ4n) is 3.50. The molecule has 4 N–H and O–H groups in total. The van der Waals surface area contributed by atoms with E-state index in [0.29, 0.717) is 6.54 Å². The van der Waals surface area contributed by atoms with E-state index in [4.69, 9.17) is 14.9 Å². The first-order valence-electron chi connectivity index (χ1n) is 6.37. The van der Waals surface area contributed by atoms with Gasteiger partial charge in [-0.1, -0.05) is 0 Å². The van der Waals surface area contributed by atoms with Gasteiger partial charge in [0.05, 0.1) is 6.16 Å². The highest BCUT2D eigenvalue weighted by atomic mass is 31.2. The third-order valence-corrected chi connectivity index (χ3v) is 5.21. The van der Waals surface area contributed by atoms with Crippen LogP contribution in [0.25, 0.3) is 0 Å². The van der Waals surface area contributed by atoms with Crippen molar-refractivity contribution >= 4 is 13.6 Å². The number of aliphatic carboxylic acids is 1. The van der Waals surface area contributed by atoms with E-state index in [9.17, 15) is 9.36 Å². The van der Waals surface area contributed by atoms with Crippen molar-refractivity contribution in [2.75, 3.05) is 12.7 Å². The molecule has 0 aromatic carbocycles. The Hall–Kier alpha value is -0.420. The van der Waals surface area contributed by atoms with Crippen LogP contribution < -0.4 is 5.32 Å². The maximum atomic E-state index is 11.1. The number of fused-ring (bicyclic) bond motifs is 1. The number of hydrogen-bond acceptors (Lipinski definition) is 3. The van der Waals surface area contributed by atoms with Crippen LogP contribution in [-0.2, 0) is 9.36 Å². The number of carboxylic acid groups (broad SMARTS) is 1. The summed E-state index contributed by atoms with van der Waals surface area (Å²) in [5.41, 5.74) is 0. The van der Waals surface area contributed by atoms with Gasteiger partial charge in [-0.3, -0.25) is 9.36 Å². The summed E-state index contributed by atoms with van der Waals surface area (Å²) in [6.07, 6.45) is 3.08. The Balaban J connectivity index is 1.98. The normalized spacial score (nSPS) is 37.0. The number of carbonyl (C=O) groups is 1. The average Bonchev–Trinajstić information content (AvgIpc) is 2.25. The number of piperidine rings is 1. The van der Waals surface area contributed by atoms with Crippen molar-refractivity contribution in [2.45, 2.75) is 31.7 Å². The fourth-order valence-corrected chi connectivity index (χ4v) is 4.51. The van der Waals surface area contributed by atoms with E-state index < -0.39 is 19.6 Å². The molecular weight excluding hydrogens is 257 g/mol. The van der Waals surface area contributed by atoms with Gasteiger partial charge in [0.25, 0.3) is 0 Å². The average molecular weight is 277 g/mol. The Kier molecular flexibility index (Phi) is 4.11. The Labute approximate surface area is 106 Å². The summed E-state index contributed by atoms with van der Waals surface area (Å²) < 4.78 is 11.0. The van der Waals surface area contributed by atoms with Crippen molar-refractivity contribution in [2.24, 2.45) is 17.8 Å². The smallest absolute Gasteiger partial charge is 0.325 e. The zero-order valence-corrected chi connectivity index (χ0v) is 11.1. The van der Waals surface area contributed by atoms with Gasteiger partial charge in [-0.2, -0.15) is 0 Å². The van der Waals surface area contributed by atoms with Crippen molar-refractivity contribution in [1.82, 2.24) is 5.32 Å². The molecule has 0 radical (unpaired) electrons. The molecule has 4 atom stereocenters. The lowest BCUT2D eigenvalue weighted by Gasteiger charge is -2.42. The number of carboxylic acids is 1. The van der Waals surface area contributed by atoms with Gasteiger partial charge in [0.15, 0.2) is 0 Å². The van der Waals surface area contributed by atoms with Gasteiger partial charge in [0.1, 0.15) is 6.04 Å².